The summed E-state index contributed by atoms with van der Waals surface area (Å²) < 4.78 is 29.8. The van der Waals surface area contributed by atoms with Crippen LogP contribution in [0.15, 0.2) is 39.8 Å². The van der Waals surface area contributed by atoms with Gasteiger partial charge in [0.15, 0.2) is 9.84 Å². The number of aromatic nitrogens is 4. The molecule has 7 nitrogen and oxygen atoms in total. The Kier molecular flexibility index (Phi) is 4.57. The molecule has 1 aromatic carbocycles. The number of sulfone groups is 1. The fourth-order valence-electron chi connectivity index (χ4n) is 2.26. The summed E-state index contributed by atoms with van der Waals surface area (Å²) in [5.74, 6) is 2.52. The molecule has 0 saturated heterocycles. The Balaban J connectivity index is 2.00. The fourth-order valence-corrected chi connectivity index (χ4v) is 3.32. The van der Waals surface area contributed by atoms with Crippen LogP contribution in [0.2, 0.25) is 0 Å². The van der Waals surface area contributed by atoms with Gasteiger partial charge < -0.3 is 4.42 Å². The van der Waals surface area contributed by atoms with Crippen LogP contribution in [-0.2, 0) is 9.84 Å². The van der Waals surface area contributed by atoms with Gasteiger partial charge in [0, 0.05) is 5.56 Å². The summed E-state index contributed by atoms with van der Waals surface area (Å²) in [5.41, 5.74) is 2.31. The van der Waals surface area contributed by atoms with E-state index in [1.165, 1.54) is 0 Å². The topological polar surface area (TPSA) is 98.8 Å². The maximum absolute atomic E-state index is 12.2. The Morgan fingerprint density at radius 2 is 1.85 bits per heavy atom. The van der Waals surface area contributed by atoms with Crippen molar-refractivity contribution in [3.05, 3.63) is 42.0 Å². The first-order valence-electron chi connectivity index (χ1n) is 7.81. The molecule has 3 rings (SSSR count). The highest BCUT2D eigenvalue weighted by Crippen LogP contribution is 2.25. The molecule has 3 aromatic rings. The van der Waals surface area contributed by atoms with Crippen LogP contribution in [0.5, 0.6) is 0 Å². The van der Waals surface area contributed by atoms with E-state index in [1.807, 2.05) is 0 Å². The highest BCUT2D eigenvalue weighted by Gasteiger charge is 2.19. The minimum atomic E-state index is -3.32. The summed E-state index contributed by atoms with van der Waals surface area (Å²) in [6, 6.07) is 6.52. The summed E-state index contributed by atoms with van der Waals surface area (Å²) in [6.45, 7) is 5.07. The SMILES string of the molecule is C#Cc1nnc(-c2nc(-c3ccc(S(=O)(=O)C(C)C)cc3)cnc2C)o1. The Labute approximate surface area is 151 Å². The largest absolute Gasteiger partial charge is 0.408 e. The second-order valence-electron chi connectivity index (χ2n) is 5.86. The predicted molar refractivity (Wildman–Crippen MR) is 95.8 cm³/mol. The number of terminal acetylenes is 1. The van der Waals surface area contributed by atoms with Gasteiger partial charge in [-0.05, 0) is 38.8 Å². The van der Waals surface area contributed by atoms with E-state index in [0.717, 1.165) is 5.56 Å². The molecule has 0 N–H and O–H groups in total. The Bertz CT molecular complexity index is 1090. The molecule has 0 aliphatic carbocycles. The van der Waals surface area contributed by atoms with Gasteiger partial charge >= 0.3 is 0 Å². The highest BCUT2D eigenvalue weighted by molar-refractivity contribution is 7.92. The predicted octanol–water partition coefficient (Wildman–Crippen LogP) is 2.67. The normalized spacial score (nSPS) is 11.5. The third kappa shape index (κ3) is 3.21. The van der Waals surface area contributed by atoms with Crippen molar-refractivity contribution >= 4 is 9.84 Å². The highest BCUT2D eigenvalue weighted by atomic mass is 32.2. The van der Waals surface area contributed by atoms with Gasteiger partial charge in [-0.2, -0.15) is 0 Å². The first kappa shape index (κ1) is 17.8. The molecule has 2 aromatic heterocycles. The monoisotopic (exact) mass is 368 g/mol. The third-order valence-electron chi connectivity index (χ3n) is 3.81. The van der Waals surface area contributed by atoms with Crippen LogP contribution in [0.3, 0.4) is 0 Å². The van der Waals surface area contributed by atoms with Crippen molar-refractivity contribution in [1.82, 2.24) is 20.2 Å². The molecule has 132 valence electrons. The summed E-state index contributed by atoms with van der Waals surface area (Å²) in [6.07, 6.45) is 6.84. The number of hydrogen-bond acceptors (Lipinski definition) is 7. The van der Waals surface area contributed by atoms with Gasteiger partial charge in [0.1, 0.15) is 5.69 Å². The van der Waals surface area contributed by atoms with E-state index < -0.39 is 15.1 Å². The van der Waals surface area contributed by atoms with Crippen molar-refractivity contribution in [3.8, 4) is 35.2 Å². The number of nitrogens with zero attached hydrogens (tertiary/aromatic N) is 4. The molecule has 0 atom stereocenters. The van der Waals surface area contributed by atoms with E-state index in [4.69, 9.17) is 10.8 Å². The molecule has 0 spiro atoms. The molecule has 0 fully saturated rings. The zero-order valence-electron chi connectivity index (χ0n) is 14.5. The molecule has 0 aliphatic rings. The molecular formula is C18H16N4O3S. The minimum absolute atomic E-state index is 0.0647. The fraction of sp³-hybridized carbons (Fsp3) is 0.222. The van der Waals surface area contributed by atoms with Crippen LogP contribution in [-0.4, -0.2) is 33.8 Å². The summed E-state index contributed by atoms with van der Waals surface area (Å²) in [7, 11) is -3.32. The van der Waals surface area contributed by atoms with Crippen LogP contribution >= 0.6 is 0 Å². The van der Waals surface area contributed by atoms with Crippen molar-refractivity contribution in [2.75, 3.05) is 0 Å². The zero-order valence-corrected chi connectivity index (χ0v) is 15.3. The average Bonchev–Trinajstić information content (AvgIpc) is 3.11. The van der Waals surface area contributed by atoms with Gasteiger partial charge in [0.2, 0.25) is 0 Å². The molecule has 0 saturated carbocycles. The second-order valence-corrected chi connectivity index (χ2v) is 8.37. The van der Waals surface area contributed by atoms with Crippen molar-refractivity contribution in [3.63, 3.8) is 0 Å². The average molecular weight is 368 g/mol. The lowest BCUT2D eigenvalue weighted by Crippen LogP contribution is -2.13. The first-order chi connectivity index (χ1) is 12.3. The lowest BCUT2D eigenvalue weighted by Gasteiger charge is -2.09. The van der Waals surface area contributed by atoms with Gasteiger partial charge in [0.05, 0.1) is 27.7 Å². The van der Waals surface area contributed by atoms with Crippen LogP contribution in [0.4, 0.5) is 0 Å². The van der Waals surface area contributed by atoms with E-state index in [-0.39, 0.29) is 16.7 Å². The van der Waals surface area contributed by atoms with E-state index in [0.29, 0.717) is 17.1 Å². The van der Waals surface area contributed by atoms with Gasteiger partial charge in [0.25, 0.3) is 11.8 Å². The molecule has 0 unspecified atom stereocenters. The van der Waals surface area contributed by atoms with Crippen molar-refractivity contribution in [2.24, 2.45) is 0 Å². The van der Waals surface area contributed by atoms with Gasteiger partial charge in [-0.15, -0.1) is 11.5 Å². The molecule has 8 heteroatoms. The van der Waals surface area contributed by atoms with Crippen LogP contribution in [0.25, 0.3) is 22.8 Å². The molecule has 0 radical (unpaired) electrons. The third-order valence-corrected chi connectivity index (χ3v) is 5.98. The van der Waals surface area contributed by atoms with Crippen molar-refractivity contribution in [1.29, 1.82) is 0 Å². The zero-order chi connectivity index (χ0) is 18.9. The number of benzene rings is 1. The molecule has 0 bridgehead atoms. The maximum atomic E-state index is 12.2. The van der Waals surface area contributed by atoms with Crippen molar-refractivity contribution in [2.45, 2.75) is 30.9 Å². The van der Waals surface area contributed by atoms with E-state index in [9.17, 15) is 8.42 Å². The van der Waals surface area contributed by atoms with Gasteiger partial charge in [-0.3, -0.25) is 4.98 Å². The van der Waals surface area contributed by atoms with E-state index >= 15 is 0 Å². The maximum Gasteiger partial charge on any atom is 0.293 e. The van der Waals surface area contributed by atoms with Gasteiger partial charge in [-0.25, -0.2) is 13.4 Å². The Hall–Kier alpha value is -3.05. The number of rotatable bonds is 4. The second kappa shape index (κ2) is 6.69. The molecule has 0 aliphatic heterocycles. The quantitative estimate of drug-likeness (QED) is 0.653. The lowest BCUT2D eigenvalue weighted by atomic mass is 10.1. The van der Waals surface area contributed by atoms with E-state index in [2.05, 4.69) is 26.1 Å². The summed E-state index contributed by atoms with van der Waals surface area (Å²) in [4.78, 5) is 9.09. The lowest BCUT2D eigenvalue weighted by molar-refractivity contribution is 0.552. The Morgan fingerprint density at radius 1 is 1.15 bits per heavy atom. The first-order valence-corrected chi connectivity index (χ1v) is 9.36. The summed E-state index contributed by atoms with van der Waals surface area (Å²) >= 11 is 0. The van der Waals surface area contributed by atoms with Crippen LogP contribution in [0, 0.1) is 19.3 Å². The number of aryl methyl sites for hydroxylation is 1. The standard InChI is InChI=1S/C18H16N4O3S/c1-5-16-21-22-18(25-16)17-12(4)19-10-15(20-17)13-6-8-14(9-7-13)26(23,24)11(2)3/h1,6-11H,2-4H3. The van der Waals surface area contributed by atoms with E-state index in [1.54, 1.807) is 51.2 Å². The van der Waals surface area contributed by atoms with Crippen LogP contribution in [0.1, 0.15) is 25.4 Å². The molecule has 26 heavy (non-hydrogen) atoms. The van der Waals surface area contributed by atoms with Crippen LogP contribution < -0.4 is 0 Å². The molecule has 2 heterocycles. The molecule has 0 amide bonds. The molecular weight excluding hydrogens is 352 g/mol. The smallest absolute Gasteiger partial charge is 0.293 e. The van der Waals surface area contributed by atoms with Gasteiger partial charge in [-0.1, -0.05) is 17.2 Å². The number of hydrogen-bond donors (Lipinski definition) is 0. The summed E-state index contributed by atoms with van der Waals surface area (Å²) in [5, 5.41) is 7.12. The van der Waals surface area contributed by atoms with Crippen molar-refractivity contribution < 1.29 is 12.8 Å². The minimum Gasteiger partial charge on any atom is -0.408 e. The Morgan fingerprint density at radius 3 is 2.42 bits per heavy atom.